The van der Waals surface area contributed by atoms with E-state index in [4.69, 9.17) is 0 Å². The van der Waals surface area contributed by atoms with Crippen molar-refractivity contribution in [3.8, 4) is 0 Å². The minimum absolute atomic E-state index is 0.145. The molecule has 1 saturated carbocycles. The summed E-state index contributed by atoms with van der Waals surface area (Å²) < 4.78 is 25.2. The van der Waals surface area contributed by atoms with Crippen LogP contribution in [0.3, 0.4) is 0 Å². The Kier molecular flexibility index (Phi) is 6.63. The van der Waals surface area contributed by atoms with Gasteiger partial charge in [-0.3, -0.25) is 10.0 Å². The molecule has 5 nitrogen and oxygen atoms in total. The van der Waals surface area contributed by atoms with E-state index in [1.165, 1.54) is 0 Å². The van der Waals surface area contributed by atoms with Gasteiger partial charge in [0.05, 0.1) is 4.91 Å². The minimum Gasteiger partial charge on any atom is -0.289 e. The number of hydrogen-bond acceptors (Lipinski definition) is 4. The first-order valence-corrected chi connectivity index (χ1v) is 10.6. The maximum atomic E-state index is 13.4. The number of sulfone groups is 1. The molecule has 0 saturated heterocycles. The fourth-order valence-corrected chi connectivity index (χ4v) is 6.06. The molecule has 2 N–H and O–H groups in total. The number of hydrogen-bond donors (Lipinski definition) is 2. The largest absolute Gasteiger partial charge is 0.289 e. The van der Waals surface area contributed by atoms with Gasteiger partial charge in [0.25, 0.3) is 5.91 Å². The number of allylic oxidation sites excluding steroid dienone is 5. The maximum Gasteiger partial charge on any atom is 0.265 e. The first kappa shape index (κ1) is 19.9. The second kappa shape index (κ2) is 8.32. The lowest BCUT2D eigenvalue weighted by Gasteiger charge is -2.30. The van der Waals surface area contributed by atoms with Crippen molar-refractivity contribution in [1.82, 2.24) is 5.48 Å². The standard InChI is InChI=1S/C19H29NO4S/c1-3-8-16-12-14-19(18(21)20-22,13-11-15(16)2)25(23,24)17-9-6-4-5-7-10-17/h4,6-7,9-10,15-16,22H,3,5,8,11-14H2,1-2H3,(H,20,21). The third kappa shape index (κ3) is 3.90. The molecular weight excluding hydrogens is 338 g/mol. The fraction of sp³-hybridized carbons (Fsp3) is 0.632. The molecule has 0 radical (unpaired) electrons. The quantitative estimate of drug-likeness (QED) is 0.441. The van der Waals surface area contributed by atoms with Gasteiger partial charge in [0, 0.05) is 0 Å². The molecule has 0 heterocycles. The second-order valence-corrected chi connectivity index (χ2v) is 9.44. The van der Waals surface area contributed by atoms with Crippen LogP contribution in [0.5, 0.6) is 0 Å². The van der Waals surface area contributed by atoms with Crippen LogP contribution in [0.1, 0.15) is 58.8 Å². The van der Waals surface area contributed by atoms with Gasteiger partial charge in [0.1, 0.15) is 0 Å². The normalized spacial score (nSPS) is 30.3. The molecule has 3 atom stereocenters. The molecule has 0 aromatic rings. The summed E-state index contributed by atoms with van der Waals surface area (Å²) in [5.74, 6) is -0.0337. The van der Waals surface area contributed by atoms with Crippen LogP contribution in [0, 0.1) is 11.8 Å². The molecule has 0 bridgehead atoms. The average Bonchev–Trinajstić information content (AvgIpc) is 2.96. The summed E-state index contributed by atoms with van der Waals surface area (Å²) in [7, 11) is -3.92. The zero-order valence-electron chi connectivity index (χ0n) is 15.1. The highest BCUT2D eigenvalue weighted by molar-refractivity contribution is 7.97. The topological polar surface area (TPSA) is 83.5 Å². The van der Waals surface area contributed by atoms with Crippen LogP contribution in [-0.2, 0) is 14.6 Å². The molecule has 25 heavy (non-hydrogen) atoms. The highest BCUT2D eigenvalue weighted by atomic mass is 32.2. The van der Waals surface area contributed by atoms with Crippen molar-refractivity contribution >= 4 is 15.7 Å². The van der Waals surface area contributed by atoms with Crippen LogP contribution in [0.2, 0.25) is 0 Å². The van der Waals surface area contributed by atoms with Gasteiger partial charge in [-0.15, -0.1) is 0 Å². The number of carbonyl (C=O) groups excluding carboxylic acids is 1. The summed E-state index contributed by atoms with van der Waals surface area (Å²) >= 11 is 0. The van der Waals surface area contributed by atoms with E-state index in [2.05, 4.69) is 13.8 Å². The van der Waals surface area contributed by atoms with E-state index in [0.717, 1.165) is 12.8 Å². The zero-order valence-corrected chi connectivity index (χ0v) is 15.9. The van der Waals surface area contributed by atoms with Crippen molar-refractivity contribution in [2.24, 2.45) is 11.8 Å². The Morgan fingerprint density at radius 2 is 2.04 bits per heavy atom. The van der Waals surface area contributed by atoms with Crippen LogP contribution in [0.15, 0.2) is 35.3 Å². The Labute approximate surface area is 150 Å². The third-order valence-electron chi connectivity index (χ3n) is 5.68. The van der Waals surface area contributed by atoms with E-state index < -0.39 is 20.5 Å². The third-order valence-corrected chi connectivity index (χ3v) is 8.19. The van der Waals surface area contributed by atoms with E-state index in [-0.39, 0.29) is 17.7 Å². The Morgan fingerprint density at radius 3 is 2.72 bits per heavy atom. The molecule has 0 spiro atoms. The summed E-state index contributed by atoms with van der Waals surface area (Å²) in [6.07, 6.45) is 13.0. The number of nitrogens with one attached hydrogen (secondary N) is 1. The van der Waals surface area contributed by atoms with Crippen molar-refractivity contribution in [3.63, 3.8) is 0 Å². The number of hydroxylamine groups is 1. The molecular formula is C19H29NO4S. The predicted molar refractivity (Wildman–Crippen MR) is 98.6 cm³/mol. The summed E-state index contributed by atoms with van der Waals surface area (Å²) in [5.41, 5.74) is 1.64. The molecule has 2 aliphatic rings. The van der Waals surface area contributed by atoms with Gasteiger partial charge in [0.2, 0.25) is 0 Å². The Hall–Kier alpha value is -1.40. The van der Waals surface area contributed by atoms with Gasteiger partial charge in [-0.25, -0.2) is 13.9 Å². The molecule has 140 valence electrons. The molecule has 2 aliphatic carbocycles. The summed E-state index contributed by atoms with van der Waals surface area (Å²) in [6.45, 7) is 4.25. The summed E-state index contributed by atoms with van der Waals surface area (Å²) in [4.78, 5) is 12.7. The molecule has 0 aliphatic heterocycles. The lowest BCUT2D eigenvalue weighted by Crippen LogP contribution is -2.51. The van der Waals surface area contributed by atoms with Gasteiger partial charge in [-0.1, -0.05) is 44.9 Å². The molecule has 0 aromatic carbocycles. The van der Waals surface area contributed by atoms with Crippen LogP contribution in [0.25, 0.3) is 0 Å². The average molecular weight is 368 g/mol. The van der Waals surface area contributed by atoms with Gasteiger partial charge >= 0.3 is 0 Å². The van der Waals surface area contributed by atoms with E-state index >= 15 is 0 Å². The van der Waals surface area contributed by atoms with Gasteiger partial charge < -0.3 is 0 Å². The van der Waals surface area contributed by atoms with Gasteiger partial charge in [0.15, 0.2) is 14.6 Å². The van der Waals surface area contributed by atoms with E-state index in [1.807, 2.05) is 6.08 Å². The first-order chi connectivity index (χ1) is 11.9. The lowest BCUT2D eigenvalue weighted by molar-refractivity contribution is -0.132. The van der Waals surface area contributed by atoms with E-state index in [9.17, 15) is 18.4 Å². The van der Waals surface area contributed by atoms with Crippen LogP contribution in [0.4, 0.5) is 0 Å². The SMILES string of the molecule is CCCC1CCC(C(=O)NO)(S(=O)(=O)C2=CC=CCC=C2)CCC1C. The highest BCUT2D eigenvalue weighted by Crippen LogP contribution is 2.43. The molecule has 6 heteroatoms. The zero-order chi connectivity index (χ0) is 18.5. The van der Waals surface area contributed by atoms with Crippen LogP contribution in [-0.4, -0.2) is 24.3 Å². The first-order valence-electron chi connectivity index (χ1n) is 9.11. The van der Waals surface area contributed by atoms with E-state index in [0.29, 0.717) is 31.1 Å². The molecule has 0 aromatic heterocycles. The fourth-order valence-electron chi connectivity index (χ4n) is 4.01. The number of carbonyl (C=O) groups is 1. The smallest absolute Gasteiger partial charge is 0.265 e. The maximum absolute atomic E-state index is 13.4. The second-order valence-electron chi connectivity index (χ2n) is 7.18. The molecule has 1 amide bonds. The van der Waals surface area contributed by atoms with Crippen molar-refractivity contribution < 1.29 is 18.4 Å². The minimum atomic E-state index is -3.92. The molecule has 2 rings (SSSR count). The lowest BCUT2D eigenvalue weighted by atomic mass is 9.86. The highest BCUT2D eigenvalue weighted by Gasteiger charge is 2.52. The molecule has 1 fully saturated rings. The van der Waals surface area contributed by atoms with Crippen molar-refractivity contribution in [3.05, 3.63) is 35.3 Å². The number of amides is 1. The Morgan fingerprint density at radius 1 is 1.32 bits per heavy atom. The van der Waals surface area contributed by atoms with Gasteiger partial charge in [-0.2, -0.15) is 0 Å². The number of rotatable bonds is 5. The monoisotopic (exact) mass is 367 g/mol. The Balaban J connectivity index is 2.46. The predicted octanol–water partition coefficient (Wildman–Crippen LogP) is 3.67. The summed E-state index contributed by atoms with van der Waals surface area (Å²) in [5, 5.41) is 9.28. The van der Waals surface area contributed by atoms with E-state index in [1.54, 1.807) is 29.8 Å². The van der Waals surface area contributed by atoms with Gasteiger partial charge in [-0.05, 0) is 56.1 Å². The Bertz CT molecular complexity index is 678. The molecule has 3 unspecified atom stereocenters. The van der Waals surface area contributed by atoms with Crippen LogP contribution < -0.4 is 5.48 Å². The summed E-state index contributed by atoms with van der Waals surface area (Å²) in [6, 6.07) is 0. The van der Waals surface area contributed by atoms with Crippen LogP contribution >= 0.6 is 0 Å². The van der Waals surface area contributed by atoms with Crippen molar-refractivity contribution in [1.29, 1.82) is 0 Å². The van der Waals surface area contributed by atoms with Crippen molar-refractivity contribution in [2.75, 3.05) is 0 Å². The van der Waals surface area contributed by atoms with Crippen molar-refractivity contribution in [2.45, 2.75) is 63.5 Å².